The quantitative estimate of drug-likeness (QED) is 0.0941. The highest BCUT2D eigenvalue weighted by molar-refractivity contribution is 6.10. The number of rotatable bonds is 8. The van der Waals surface area contributed by atoms with E-state index in [0.717, 1.165) is 29.8 Å². The number of carbonyl (C=O) groups excluding carboxylic acids is 2. The molecule has 7 rings (SSSR count). The molecule has 56 heavy (non-hydrogen) atoms. The molecule has 1 saturated carbocycles. The minimum atomic E-state index is -4.87. The monoisotopic (exact) mass is 776 g/mol. The Bertz CT molecular complexity index is 2070. The fraction of sp³-hybridized carbons (Fsp3) is 0.364. The van der Waals surface area contributed by atoms with E-state index in [1.807, 2.05) is 26.0 Å². The molecule has 1 fully saturated rings. The molecule has 3 aliphatic rings. The van der Waals surface area contributed by atoms with E-state index in [9.17, 15) is 41.8 Å². The number of para-hydroxylation sites is 1. The van der Waals surface area contributed by atoms with Crippen LogP contribution in [0.25, 0.3) is 0 Å². The number of allylic oxidation sites excluding steroid dienone is 2. The van der Waals surface area contributed by atoms with Crippen molar-refractivity contribution in [3.8, 4) is 5.75 Å². The molecule has 3 N–H and O–H groups in total. The Kier molecular flexibility index (Phi) is 12.0. The van der Waals surface area contributed by atoms with E-state index in [2.05, 4.69) is 16.1 Å². The van der Waals surface area contributed by atoms with Crippen LogP contribution in [0, 0.1) is 17.0 Å². The molecule has 4 atom stereocenters. The number of nitrogens with one attached hydrogen (secondary N) is 1. The Hall–Kier alpha value is -5.07. The third kappa shape index (κ3) is 9.30. The van der Waals surface area contributed by atoms with Gasteiger partial charge in [0.25, 0.3) is 0 Å². The first-order valence-corrected chi connectivity index (χ1v) is 18.7. The Labute approximate surface area is 322 Å². The van der Waals surface area contributed by atoms with Gasteiger partial charge in [0.1, 0.15) is 5.75 Å². The standard InChI is InChI=1S/C44H45F5N2O5/c1-28-7-6-21-42(2)37(35-18-13-30(23-33(52)15-10-28)24-36(35)40(53)31-14-19-38(45)39(46)25-31)20-22-43(42,55)27-51(41(54)50-32-8-4-3-5-9-32)26-29-11-16-34(17-12-29)56-44(47,48)49/h3-5,7-9,11-14,16-19,24-25,33,37,52,55H,6,10,15,20-23,26-27H2,1-2H3,(H,50,54)/t33-,37-,42-,43+/m0/s1. The lowest BCUT2D eigenvalue weighted by atomic mass is 9.64. The Morgan fingerprint density at radius 2 is 1.66 bits per heavy atom. The van der Waals surface area contributed by atoms with Gasteiger partial charge in [-0.3, -0.25) is 4.79 Å². The fourth-order valence-corrected chi connectivity index (χ4v) is 8.25. The summed E-state index contributed by atoms with van der Waals surface area (Å²) in [6.45, 7) is 3.70. The van der Waals surface area contributed by atoms with Gasteiger partial charge in [-0.25, -0.2) is 13.6 Å². The molecule has 0 saturated heterocycles. The zero-order valence-corrected chi connectivity index (χ0v) is 31.2. The SMILES string of the molecule is CC1=CCC[C@@]2(C)[C@@H](CC[C@@]2(O)CN(Cc2ccc(OC(F)(F)F)cc2)C(=O)Nc2ccccc2)c2ccc(cc2C(=O)c2ccc(F)c(F)c2)C[C@@H](O)CC1. The predicted octanol–water partition coefficient (Wildman–Crippen LogP) is 9.87. The van der Waals surface area contributed by atoms with Gasteiger partial charge in [0.2, 0.25) is 0 Å². The van der Waals surface area contributed by atoms with Gasteiger partial charge in [0, 0.05) is 28.8 Å². The fourth-order valence-electron chi connectivity index (χ4n) is 8.25. The molecule has 0 spiro atoms. The maximum Gasteiger partial charge on any atom is 0.573 e. The van der Waals surface area contributed by atoms with Crippen molar-refractivity contribution in [1.82, 2.24) is 4.90 Å². The van der Waals surface area contributed by atoms with Gasteiger partial charge in [-0.15, -0.1) is 13.2 Å². The number of ether oxygens (including phenoxy) is 1. The van der Waals surface area contributed by atoms with Crippen LogP contribution in [0.4, 0.5) is 32.4 Å². The van der Waals surface area contributed by atoms with Gasteiger partial charge in [0.15, 0.2) is 17.4 Å². The number of carbonyl (C=O) groups is 2. The number of alkyl halides is 3. The van der Waals surface area contributed by atoms with Gasteiger partial charge < -0.3 is 25.2 Å². The molecule has 2 amide bonds. The van der Waals surface area contributed by atoms with Crippen molar-refractivity contribution in [3.05, 3.63) is 142 Å². The zero-order chi connectivity index (χ0) is 40.3. The molecule has 0 aliphatic heterocycles. The highest BCUT2D eigenvalue weighted by atomic mass is 19.4. The molecule has 4 aromatic rings. The lowest BCUT2D eigenvalue weighted by molar-refractivity contribution is -0.274. The third-order valence-electron chi connectivity index (χ3n) is 11.4. The van der Waals surface area contributed by atoms with Gasteiger partial charge >= 0.3 is 12.4 Å². The van der Waals surface area contributed by atoms with Gasteiger partial charge in [-0.1, -0.05) is 61.0 Å². The lowest BCUT2D eigenvalue weighted by Crippen LogP contribution is -2.54. The number of halogens is 5. The number of hydrogen-bond donors (Lipinski definition) is 3. The number of urea groups is 1. The second kappa shape index (κ2) is 16.6. The van der Waals surface area contributed by atoms with Crippen molar-refractivity contribution in [2.45, 2.75) is 89.3 Å². The Balaban J connectivity index is 1.41. The summed E-state index contributed by atoms with van der Waals surface area (Å²) in [5, 5.41) is 26.7. The first kappa shape index (κ1) is 40.6. The minimum Gasteiger partial charge on any atom is -0.406 e. The van der Waals surface area contributed by atoms with Crippen LogP contribution in [-0.4, -0.2) is 51.5 Å². The summed E-state index contributed by atoms with van der Waals surface area (Å²) in [4.78, 5) is 29.7. The summed E-state index contributed by atoms with van der Waals surface area (Å²) in [5.41, 5.74) is 1.07. The highest BCUT2D eigenvalue weighted by Crippen LogP contribution is 2.59. The second-order valence-electron chi connectivity index (χ2n) is 15.2. The number of benzene rings is 4. The summed E-state index contributed by atoms with van der Waals surface area (Å²) in [6, 6.07) is 21.7. The summed E-state index contributed by atoms with van der Waals surface area (Å²) >= 11 is 0. The Morgan fingerprint density at radius 1 is 0.929 bits per heavy atom. The summed E-state index contributed by atoms with van der Waals surface area (Å²) < 4.78 is 71.1. The van der Waals surface area contributed by atoms with E-state index in [4.69, 9.17) is 0 Å². The van der Waals surface area contributed by atoms with Crippen molar-refractivity contribution in [1.29, 1.82) is 0 Å². The average Bonchev–Trinajstić information content (AvgIpc) is 3.40. The summed E-state index contributed by atoms with van der Waals surface area (Å²) in [5.74, 6) is -3.63. The van der Waals surface area contributed by atoms with E-state index in [0.29, 0.717) is 54.5 Å². The maximum atomic E-state index is 14.4. The smallest absolute Gasteiger partial charge is 0.406 e. The number of aliphatic hydroxyl groups excluding tert-OH is 1. The van der Waals surface area contributed by atoms with Crippen LogP contribution >= 0.6 is 0 Å². The molecule has 7 nitrogen and oxygen atoms in total. The van der Waals surface area contributed by atoms with Crippen molar-refractivity contribution < 1.29 is 46.5 Å². The minimum absolute atomic E-state index is 0.0482. The van der Waals surface area contributed by atoms with Crippen LogP contribution in [0.5, 0.6) is 5.75 Å². The van der Waals surface area contributed by atoms with E-state index in [-0.39, 0.29) is 37.1 Å². The summed E-state index contributed by atoms with van der Waals surface area (Å²) in [6.07, 6.45) is -0.476. The molecule has 3 aliphatic carbocycles. The number of nitrogens with zero attached hydrogens (tertiary/aromatic N) is 1. The van der Waals surface area contributed by atoms with E-state index >= 15 is 0 Å². The molecule has 0 aromatic heterocycles. The predicted molar refractivity (Wildman–Crippen MR) is 202 cm³/mol. The molecule has 0 radical (unpaired) electrons. The van der Waals surface area contributed by atoms with Crippen LogP contribution in [-0.2, 0) is 13.0 Å². The zero-order valence-electron chi connectivity index (χ0n) is 31.2. The number of amides is 2. The molecule has 0 heterocycles. The molecule has 0 unspecified atom stereocenters. The number of aliphatic hydroxyl groups is 2. The van der Waals surface area contributed by atoms with Crippen LogP contribution in [0.2, 0.25) is 0 Å². The van der Waals surface area contributed by atoms with Gasteiger partial charge in [-0.2, -0.15) is 0 Å². The number of anilines is 1. The molecular weight excluding hydrogens is 731 g/mol. The molecule has 296 valence electrons. The maximum absolute atomic E-state index is 14.4. The van der Waals surface area contributed by atoms with Crippen LogP contribution < -0.4 is 10.1 Å². The number of hydrogen-bond acceptors (Lipinski definition) is 5. The van der Waals surface area contributed by atoms with E-state index in [1.54, 1.807) is 36.4 Å². The van der Waals surface area contributed by atoms with Gasteiger partial charge in [-0.05, 0) is 123 Å². The normalized spacial score (nSPS) is 22.8. The third-order valence-corrected chi connectivity index (χ3v) is 11.4. The molecule has 12 heteroatoms. The second-order valence-corrected chi connectivity index (χ2v) is 15.2. The first-order chi connectivity index (χ1) is 26.5. The largest absolute Gasteiger partial charge is 0.573 e. The van der Waals surface area contributed by atoms with Crippen molar-refractivity contribution in [2.75, 3.05) is 11.9 Å². The van der Waals surface area contributed by atoms with Crippen molar-refractivity contribution in [2.24, 2.45) is 5.41 Å². The lowest BCUT2D eigenvalue weighted by Gasteiger charge is -2.46. The number of fused-ring (bicyclic) bond motifs is 8. The van der Waals surface area contributed by atoms with E-state index < -0.39 is 58.6 Å². The van der Waals surface area contributed by atoms with Crippen molar-refractivity contribution in [3.63, 3.8) is 0 Å². The van der Waals surface area contributed by atoms with Crippen LogP contribution in [0.1, 0.15) is 90.9 Å². The highest BCUT2D eigenvalue weighted by Gasteiger charge is 2.57. The Morgan fingerprint density at radius 3 is 2.36 bits per heavy atom. The van der Waals surface area contributed by atoms with Crippen LogP contribution in [0.3, 0.4) is 0 Å². The van der Waals surface area contributed by atoms with E-state index in [1.165, 1.54) is 23.1 Å². The summed E-state index contributed by atoms with van der Waals surface area (Å²) in [7, 11) is 0. The van der Waals surface area contributed by atoms with Gasteiger partial charge in [0.05, 0.1) is 18.2 Å². The van der Waals surface area contributed by atoms with Crippen LogP contribution in [0.15, 0.2) is 103 Å². The molecule has 4 aromatic carbocycles. The molecule has 2 bridgehead atoms. The first-order valence-electron chi connectivity index (χ1n) is 18.7. The topological polar surface area (TPSA) is 99.1 Å². The number of ketones is 1. The molecular formula is C44H45F5N2O5. The van der Waals surface area contributed by atoms with Crippen molar-refractivity contribution >= 4 is 17.5 Å². The average molecular weight is 777 g/mol.